The summed E-state index contributed by atoms with van der Waals surface area (Å²) in [5.74, 6) is 1.48. The Balaban J connectivity index is 0.00000364. The van der Waals surface area contributed by atoms with E-state index in [-0.39, 0.29) is 35.8 Å². The summed E-state index contributed by atoms with van der Waals surface area (Å²) in [6.07, 6.45) is -0.0327. The molecule has 0 heterocycles. The Morgan fingerprint density at radius 2 is 1.93 bits per heavy atom. The van der Waals surface area contributed by atoms with Crippen molar-refractivity contribution in [2.45, 2.75) is 26.5 Å². The van der Waals surface area contributed by atoms with Crippen molar-refractivity contribution < 1.29 is 9.66 Å². The molecule has 8 heteroatoms. The van der Waals surface area contributed by atoms with Gasteiger partial charge in [-0.25, -0.2) is 0 Å². The van der Waals surface area contributed by atoms with E-state index in [0.29, 0.717) is 19.0 Å². The van der Waals surface area contributed by atoms with Crippen LogP contribution in [0, 0.1) is 17.0 Å². The molecule has 0 aromatic heterocycles. The second kappa shape index (κ2) is 11.4. The van der Waals surface area contributed by atoms with Gasteiger partial charge in [0.15, 0.2) is 5.96 Å². The molecule has 0 saturated heterocycles. The largest absolute Gasteiger partial charge is 0.489 e. The highest BCUT2D eigenvalue weighted by atomic mass is 127. The Hall–Kier alpha value is -2.36. The van der Waals surface area contributed by atoms with Gasteiger partial charge in [-0.05, 0) is 37.1 Å². The zero-order valence-electron chi connectivity index (χ0n) is 15.6. The van der Waals surface area contributed by atoms with Crippen molar-refractivity contribution in [1.29, 1.82) is 0 Å². The summed E-state index contributed by atoms with van der Waals surface area (Å²) < 4.78 is 5.88. The zero-order valence-corrected chi connectivity index (χ0v) is 18.0. The monoisotopic (exact) mass is 484 g/mol. The minimum atomic E-state index is -0.409. The fourth-order valence-corrected chi connectivity index (χ4v) is 2.34. The van der Waals surface area contributed by atoms with Crippen LogP contribution in [0.15, 0.2) is 53.5 Å². The first kappa shape index (κ1) is 22.7. The van der Waals surface area contributed by atoms with Crippen molar-refractivity contribution in [3.63, 3.8) is 0 Å². The first-order valence-electron chi connectivity index (χ1n) is 8.39. The van der Waals surface area contributed by atoms with Crippen LogP contribution in [0.3, 0.4) is 0 Å². The van der Waals surface area contributed by atoms with Gasteiger partial charge in [-0.2, -0.15) is 0 Å². The number of nitro benzene ring substituents is 1. The summed E-state index contributed by atoms with van der Waals surface area (Å²) in [5.41, 5.74) is 2.17. The predicted octanol–water partition coefficient (Wildman–Crippen LogP) is 3.65. The summed E-state index contributed by atoms with van der Waals surface area (Å²) in [4.78, 5) is 14.4. The SMILES string of the molecule is CN=C(NCc1ccc([N+](=O)[O-])cc1)NCC(C)Oc1cccc(C)c1.I. The highest BCUT2D eigenvalue weighted by Crippen LogP contribution is 2.14. The van der Waals surface area contributed by atoms with Crippen LogP contribution in [0.5, 0.6) is 5.75 Å². The van der Waals surface area contributed by atoms with Gasteiger partial charge in [0.2, 0.25) is 0 Å². The number of hydrogen-bond donors (Lipinski definition) is 2. The van der Waals surface area contributed by atoms with Gasteiger partial charge in [-0.15, -0.1) is 24.0 Å². The van der Waals surface area contributed by atoms with E-state index in [1.54, 1.807) is 19.2 Å². The van der Waals surface area contributed by atoms with Crippen LogP contribution in [0.1, 0.15) is 18.1 Å². The number of aryl methyl sites for hydroxylation is 1. The highest BCUT2D eigenvalue weighted by molar-refractivity contribution is 14.0. The third-order valence-corrected chi connectivity index (χ3v) is 3.71. The quantitative estimate of drug-likeness (QED) is 0.206. The lowest BCUT2D eigenvalue weighted by Gasteiger charge is -2.18. The van der Waals surface area contributed by atoms with Crippen LogP contribution in [0.4, 0.5) is 5.69 Å². The molecule has 27 heavy (non-hydrogen) atoms. The third-order valence-electron chi connectivity index (χ3n) is 3.71. The van der Waals surface area contributed by atoms with Crippen LogP contribution in [0.25, 0.3) is 0 Å². The molecule has 0 amide bonds. The molecule has 146 valence electrons. The van der Waals surface area contributed by atoms with E-state index in [9.17, 15) is 10.1 Å². The highest BCUT2D eigenvalue weighted by Gasteiger charge is 2.07. The molecular weight excluding hydrogens is 459 g/mol. The van der Waals surface area contributed by atoms with Crippen LogP contribution in [-0.2, 0) is 6.54 Å². The molecule has 0 radical (unpaired) electrons. The van der Waals surface area contributed by atoms with Crippen LogP contribution >= 0.6 is 24.0 Å². The van der Waals surface area contributed by atoms with E-state index in [4.69, 9.17) is 4.74 Å². The van der Waals surface area contributed by atoms with Crippen LogP contribution in [-0.4, -0.2) is 30.6 Å². The lowest BCUT2D eigenvalue weighted by Crippen LogP contribution is -2.41. The Bertz CT molecular complexity index is 766. The summed E-state index contributed by atoms with van der Waals surface area (Å²) in [6.45, 7) is 5.12. The first-order valence-corrected chi connectivity index (χ1v) is 8.39. The molecule has 2 rings (SSSR count). The molecule has 0 fully saturated rings. The predicted molar refractivity (Wildman–Crippen MR) is 118 cm³/mol. The Labute approximate surface area is 176 Å². The standard InChI is InChI=1S/C19H24N4O3.HI/c1-14-5-4-6-18(11-14)26-15(2)12-21-19(20-3)22-13-16-7-9-17(10-8-16)23(24)25;/h4-11,15H,12-13H2,1-3H3,(H2,20,21,22);1H. The minimum absolute atomic E-state index is 0. The summed E-state index contributed by atoms with van der Waals surface area (Å²) in [5, 5.41) is 17.1. The lowest BCUT2D eigenvalue weighted by molar-refractivity contribution is -0.384. The number of benzene rings is 2. The summed E-state index contributed by atoms with van der Waals surface area (Å²) in [6, 6.07) is 14.4. The molecule has 0 aliphatic rings. The Morgan fingerprint density at radius 3 is 2.52 bits per heavy atom. The summed E-state index contributed by atoms with van der Waals surface area (Å²) >= 11 is 0. The molecule has 0 aliphatic carbocycles. The minimum Gasteiger partial charge on any atom is -0.489 e. The van der Waals surface area contributed by atoms with Gasteiger partial charge in [-0.1, -0.05) is 24.3 Å². The molecule has 0 spiro atoms. The lowest BCUT2D eigenvalue weighted by atomic mass is 10.2. The zero-order chi connectivity index (χ0) is 18.9. The fraction of sp³-hybridized carbons (Fsp3) is 0.316. The van der Waals surface area contributed by atoms with Crippen molar-refractivity contribution in [2.75, 3.05) is 13.6 Å². The van der Waals surface area contributed by atoms with Gasteiger partial charge in [0, 0.05) is 25.7 Å². The van der Waals surface area contributed by atoms with Crippen molar-refractivity contribution in [3.05, 3.63) is 69.8 Å². The van der Waals surface area contributed by atoms with Crippen molar-refractivity contribution in [2.24, 2.45) is 4.99 Å². The number of non-ortho nitro benzene ring substituents is 1. The molecule has 0 saturated carbocycles. The molecular formula is C19H25IN4O3. The molecule has 2 N–H and O–H groups in total. The third kappa shape index (κ3) is 7.81. The van der Waals surface area contributed by atoms with E-state index >= 15 is 0 Å². The van der Waals surface area contributed by atoms with Crippen molar-refractivity contribution in [1.82, 2.24) is 10.6 Å². The number of nitro groups is 1. The maximum absolute atomic E-state index is 10.7. The van der Waals surface area contributed by atoms with Crippen LogP contribution < -0.4 is 15.4 Å². The van der Waals surface area contributed by atoms with Gasteiger partial charge in [0.05, 0.1) is 11.5 Å². The number of guanidine groups is 1. The van der Waals surface area contributed by atoms with Gasteiger partial charge < -0.3 is 15.4 Å². The van der Waals surface area contributed by atoms with Gasteiger partial charge in [-0.3, -0.25) is 15.1 Å². The molecule has 0 aliphatic heterocycles. The number of aliphatic imine (C=N–C) groups is 1. The van der Waals surface area contributed by atoms with Crippen LogP contribution in [0.2, 0.25) is 0 Å². The Kier molecular flexibility index (Phi) is 9.55. The second-order valence-corrected chi connectivity index (χ2v) is 5.98. The smallest absolute Gasteiger partial charge is 0.269 e. The number of rotatable bonds is 7. The van der Waals surface area contributed by atoms with E-state index in [2.05, 4.69) is 15.6 Å². The number of nitrogens with zero attached hydrogens (tertiary/aromatic N) is 2. The molecule has 2 aromatic carbocycles. The number of halogens is 1. The van der Waals surface area contributed by atoms with Crippen molar-refractivity contribution >= 4 is 35.6 Å². The molecule has 7 nitrogen and oxygen atoms in total. The number of hydrogen-bond acceptors (Lipinski definition) is 4. The van der Waals surface area contributed by atoms with E-state index in [0.717, 1.165) is 16.9 Å². The topological polar surface area (TPSA) is 88.8 Å². The van der Waals surface area contributed by atoms with E-state index in [1.165, 1.54) is 12.1 Å². The normalized spacial score (nSPS) is 11.9. The van der Waals surface area contributed by atoms with E-state index in [1.807, 2.05) is 38.1 Å². The first-order chi connectivity index (χ1) is 12.5. The van der Waals surface area contributed by atoms with Gasteiger partial charge in [0.25, 0.3) is 5.69 Å². The number of ether oxygens (including phenoxy) is 1. The van der Waals surface area contributed by atoms with Gasteiger partial charge in [0.1, 0.15) is 11.9 Å². The maximum atomic E-state index is 10.7. The maximum Gasteiger partial charge on any atom is 0.269 e. The molecule has 1 atom stereocenters. The average Bonchev–Trinajstić information content (AvgIpc) is 2.62. The number of nitrogens with one attached hydrogen (secondary N) is 2. The van der Waals surface area contributed by atoms with Gasteiger partial charge >= 0.3 is 0 Å². The fourth-order valence-electron chi connectivity index (χ4n) is 2.34. The molecule has 0 bridgehead atoms. The van der Waals surface area contributed by atoms with Crippen molar-refractivity contribution in [3.8, 4) is 5.75 Å². The summed E-state index contributed by atoms with van der Waals surface area (Å²) in [7, 11) is 1.69. The Morgan fingerprint density at radius 1 is 1.22 bits per heavy atom. The average molecular weight is 484 g/mol. The molecule has 2 aromatic rings. The van der Waals surface area contributed by atoms with E-state index < -0.39 is 4.92 Å². The molecule has 1 unspecified atom stereocenters. The second-order valence-electron chi connectivity index (χ2n) is 5.98.